The van der Waals surface area contributed by atoms with Gasteiger partial charge in [0, 0.05) is 13.1 Å². The van der Waals surface area contributed by atoms with Crippen molar-refractivity contribution in [3.63, 3.8) is 0 Å². The molecule has 0 saturated carbocycles. The largest absolute Gasteiger partial charge is 0.304 e. The van der Waals surface area contributed by atoms with Crippen molar-refractivity contribution in [3.05, 3.63) is 35.9 Å². The fourth-order valence-corrected chi connectivity index (χ4v) is 2.41. The fourth-order valence-electron chi connectivity index (χ4n) is 2.41. The summed E-state index contributed by atoms with van der Waals surface area (Å²) in [4.78, 5) is 7.24. The Kier molecular flexibility index (Phi) is 4.34. The molecule has 88 valence electrons. The van der Waals surface area contributed by atoms with Gasteiger partial charge in [-0.2, -0.15) is 0 Å². The van der Waals surface area contributed by atoms with Crippen molar-refractivity contribution in [2.75, 3.05) is 19.7 Å². The van der Waals surface area contributed by atoms with Crippen molar-refractivity contribution in [1.29, 1.82) is 0 Å². The van der Waals surface area contributed by atoms with Crippen LogP contribution in [-0.4, -0.2) is 24.6 Å². The second-order valence-electron chi connectivity index (χ2n) is 4.56. The Morgan fingerprint density at radius 3 is 2.88 bits per heavy atom. The zero-order valence-electron chi connectivity index (χ0n) is 9.64. The van der Waals surface area contributed by atoms with E-state index in [0.29, 0.717) is 12.5 Å². The first-order valence-electron chi connectivity index (χ1n) is 5.96. The molecule has 16 heavy (non-hydrogen) atoms. The van der Waals surface area contributed by atoms with Gasteiger partial charge < -0.3 is 4.84 Å². The van der Waals surface area contributed by atoms with Gasteiger partial charge in [-0.15, -0.1) is 0 Å². The van der Waals surface area contributed by atoms with Crippen molar-refractivity contribution in [2.24, 2.45) is 11.8 Å². The van der Waals surface area contributed by atoms with Gasteiger partial charge in [0.05, 0.1) is 6.61 Å². The van der Waals surface area contributed by atoms with E-state index in [2.05, 4.69) is 35.2 Å². The van der Waals surface area contributed by atoms with Gasteiger partial charge >= 0.3 is 0 Å². The molecule has 2 N–H and O–H groups in total. The van der Waals surface area contributed by atoms with E-state index in [-0.39, 0.29) is 0 Å². The van der Waals surface area contributed by atoms with Crippen LogP contribution in [0.2, 0.25) is 0 Å². The minimum Gasteiger partial charge on any atom is -0.304 e. The molecule has 1 atom stereocenters. The third kappa shape index (κ3) is 3.30. The number of nitrogens with zero attached hydrogens (tertiary/aromatic N) is 1. The van der Waals surface area contributed by atoms with Gasteiger partial charge in [-0.05, 0) is 30.9 Å². The molecule has 1 saturated heterocycles. The average molecular weight is 220 g/mol. The number of piperidine rings is 1. The van der Waals surface area contributed by atoms with E-state index < -0.39 is 0 Å². The Hall–Kier alpha value is -0.900. The van der Waals surface area contributed by atoms with Crippen LogP contribution in [0.5, 0.6) is 0 Å². The molecule has 0 spiro atoms. The first kappa shape index (κ1) is 11.6. The molecule has 1 fully saturated rings. The second-order valence-corrected chi connectivity index (χ2v) is 4.56. The molecule has 2 rings (SSSR count). The highest BCUT2D eigenvalue weighted by molar-refractivity contribution is 5.14. The summed E-state index contributed by atoms with van der Waals surface area (Å²) in [5, 5.41) is 0. The van der Waals surface area contributed by atoms with Crippen LogP contribution in [0.3, 0.4) is 0 Å². The molecule has 0 radical (unpaired) electrons. The van der Waals surface area contributed by atoms with Gasteiger partial charge in [-0.3, -0.25) is 4.90 Å². The third-order valence-corrected chi connectivity index (χ3v) is 3.18. The van der Waals surface area contributed by atoms with Gasteiger partial charge in [-0.25, -0.2) is 5.90 Å². The van der Waals surface area contributed by atoms with E-state index in [1.54, 1.807) is 0 Å². The first-order valence-corrected chi connectivity index (χ1v) is 5.96. The molecule has 0 amide bonds. The zero-order chi connectivity index (χ0) is 11.2. The number of rotatable bonds is 4. The monoisotopic (exact) mass is 220 g/mol. The fraction of sp³-hybridized carbons (Fsp3) is 0.538. The van der Waals surface area contributed by atoms with E-state index in [9.17, 15) is 0 Å². The first-order chi connectivity index (χ1) is 7.88. The molecule has 1 aromatic rings. The van der Waals surface area contributed by atoms with E-state index in [1.165, 1.54) is 24.9 Å². The Morgan fingerprint density at radius 1 is 1.31 bits per heavy atom. The van der Waals surface area contributed by atoms with Crippen LogP contribution in [-0.2, 0) is 11.4 Å². The topological polar surface area (TPSA) is 38.5 Å². The van der Waals surface area contributed by atoms with E-state index >= 15 is 0 Å². The molecule has 1 aromatic carbocycles. The minimum atomic E-state index is 0.600. The van der Waals surface area contributed by atoms with Gasteiger partial charge in [0.2, 0.25) is 0 Å². The zero-order valence-corrected chi connectivity index (χ0v) is 9.64. The lowest BCUT2D eigenvalue weighted by atomic mass is 9.98. The van der Waals surface area contributed by atoms with Gasteiger partial charge in [0.1, 0.15) is 0 Å². The Morgan fingerprint density at radius 2 is 2.12 bits per heavy atom. The molecule has 0 aromatic heterocycles. The van der Waals surface area contributed by atoms with Gasteiger partial charge in [-0.1, -0.05) is 30.3 Å². The van der Waals surface area contributed by atoms with Crippen LogP contribution >= 0.6 is 0 Å². The van der Waals surface area contributed by atoms with Crippen LogP contribution in [0.4, 0.5) is 0 Å². The van der Waals surface area contributed by atoms with Crippen molar-refractivity contribution in [1.82, 2.24) is 4.90 Å². The number of hydrogen-bond donors (Lipinski definition) is 1. The summed E-state index contributed by atoms with van der Waals surface area (Å²) in [7, 11) is 0. The maximum Gasteiger partial charge on any atom is 0.0719 e. The lowest BCUT2D eigenvalue weighted by Gasteiger charge is -2.32. The van der Waals surface area contributed by atoms with E-state index in [1.807, 2.05) is 0 Å². The van der Waals surface area contributed by atoms with Crippen LogP contribution in [0.1, 0.15) is 18.4 Å². The highest BCUT2D eigenvalue weighted by Gasteiger charge is 2.19. The molecule has 1 aliphatic rings. The van der Waals surface area contributed by atoms with Crippen molar-refractivity contribution >= 4 is 0 Å². The lowest BCUT2D eigenvalue weighted by molar-refractivity contribution is 0.0585. The summed E-state index contributed by atoms with van der Waals surface area (Å²) in [6.07, 6.45) is 2.49. The maximum atomic E-state index is 5.14. The number of nitrogens with two attached hydrogens (primary N) is 1. The molecule has 1 heterocycles. The normalized spacial score (nSPS) is 22.2. The Bertz CT molecular complexity index is 300. The SMILES string of the molecule is NOCC1CCCN(Cc2ccccc2)C1. The smallest absolute Gasteiger partial charge is 0.0719 e. The minimum absolute atomic E-state index is 0.600. The summed E-state index contributed by atoms with van der Waals surface area (Å²) in [6.45, 7) is 4.02. The standard InChI is InChI=1S/C13H20N2O/c14-16-11-13-7-4-8-15(10-13)9-12-5-2-1-3-6-12/h1-3,5-6,13H,4,7-11,14H2. The summed E-state index contributed by atoms with van der Waals surface area (Å²) in [5.74, 6) is 5.74. The highest BCUT2D eigenvalue weighted by atomic mass is 16.6. The molecule has 0 bridgehead atoms. The molecular formula is C13H20N2O. The molecule has 1 aliphatic heterocycles. The van der Waals surface area contributed by atoms with Gasteiger partial charge in [0.25, 0.3) is 0 Å². The molecule has 0 aliphatic carbocycles. The van der Waals surface area contributed by atoms with E-state index in [0.717, 1.165) is 13.1 Å². The lowest BCUT2D eigenvalue weighted by Crippen LogP contribution is -2.37. The van der Waals surface area contributed by atoms with Crippen LogP contribution in [0, 0.1) is 5.92 Å². The molecule has 3 heteroatoms. The van der Waals surface area contributed by atoms with Crippen LogP contribution in [0.25, 0.3) is 0 Å². The van der Waals surface area contributed by atoms with Crippen molar-refractivity contribution in [2.45, 2.75) is 19.4 Å². The average Bonchev–Trinajstić information content (AvgIpc) is 2.31. The predicted octanol–water partition coefficient (Wildman–Crippen LogP) is 1.79. The van der Waals surface area contributed by atoms with Crippen LogP contribution in [0.15, 0.2) is 30.3 Å². The van der Waals surface area contributed by atoms with Crippen molar-refractivity contribution in [3.8, 4) is 0 Å². The van der Waals surface area contributed by atoms with E-state index in [4.69, 9.17) is 10.7 Å². The van der Waals surface area contributed by atoms with Gasteiger partial charge in [0.15, 0.2) is 0 Å². The summed E-state index contributed by atoms with van der Waals surface area (Å²) < 4.78 is 0. The second kappa shape index (κ2) is 5.99. The predicted molar refractivity (Wildman–Crippen MR) is 64.6 cm³/mol. The quantitative estimate of drug-likeness (QED) is 0.786. The maximum absolute atomic E-state index is 5.14. The summed E-state index contributed by atoms with van der Waals surface area (Å²) in [5.41, 5.74) is 1.39. The summed E-state index contributed by atoms with van der Waals surface area (Å²) in [6, 6.07) is 10.6. The number of likely N-dealkylation sites (tertiary alicyclic amines) is 1. The molecule has 1 unspecified atom stereocenters. The summed E-state index contributed by atoms with van der Waals surface area (Å²) >= 11 is 0. The van der Waals surface area contributed by atoms with Crippen LogP contribution < -0.4 is 5.90 Å². The molecule has 3 nitrogen and oxygen atoms in total. The Labute approximate surface area is 97.1 Å². The number of hydrogen-bond acceptors (Lipinski definition) is 3. The number of benzene rings is 1. The highest BCUT2D eigenvalue weighted by Crippen LogP contribution is 2.18. The van der Waals surface area contributed by atoms with Crippen molar-refractivity contribution < 1.29 is 4.84 Å². The third-order valence-electron chi connectivity index (χ3n) is 3.18. The molecular weight excluding hydrogens is 200 g/mol. The Balaban J connectivity index is 1.85.